The molecular weight excluding hydrogens is 1120 g/mol. The van der Waals surface area contributed by atoms with Crippen molar-refractivity contribution in [3.8, 4) is 0 Å². The molecule has 6 heteroatoms. The normalized spacial score (nSPS) is 14.9. The SMILES string of the molecule is [CH3][Ir]([CH3])([Cl])([I])([PH](c1ccccc1)(c1ccccc1)c1ccccc1)([PH](c1ccccc1)(c1ccccc1)c1ccccc1)[PH](c1ccccc1)(c1ccccc1)c1ccccc1. The van der Waals surface area contributed by atoms with Gasteiger partial charge >= 0.3 is 383 Å². The van der Waals surface area contributed by atoms with Crippen LogP contribution in [-0.4, -0.2) is 0 Å². The Hall–Kier alpha value is -4.06. The van der Waals surface area contributed by atoms with Crippen LogP contribution in [0.15, 0.2) is 273 Å². The molecule has 0 aliphatic carbocycles. The Labute approximate surface area is 379 Å². The zero-order chi connectivity index (χ0) is 42.9. The average molecular weight is 1170 g/mol. The van der Waals surface area contributed by atoms with Crippen molar-refractivity contribution in [2.75, 3.05) is 0 Å². The van der Waals surface area contributed by atoms with Crippen molar-refractivity contribution in [2.24, 2.45) is 0 Å². The summed E-state index contributed by atoms with van der Waals surface area (Å²) in [7, 11) is 11.2. The van der Waals surface area contributed by atoms with Gasteiger partial charge in [-0.3, -0.25) is 0 Å². The van der Waals surface area contributed by atoms with Gasteiger partial charge in [-0.2, -0.15) is 0 Å². The molecule has 0 aliphatic heterocycles. The Bertz CT molecular complexity index is 2330. The van der Waals surface area contributed by atoms with E-state index in [1.807, 2.05) is 0 Å². The van der Waals surface area contributed by atoms with Gasteiger partial charge in [0, 0.05) is 0 Å². The molecule has 0 radical (unpaired) electrons. The van der Waals surface area contributed by atoms with Crippen LogP contribution in [0, 0.1) is 0 Å². The molecule has 0 aliphatic rings. The van der Waals surface area contributed by atoms with Crippen LogP contribution in [-0.2, 0) is 5.60 Å². The molecule has 9 rings (SSSR count). The molecule has 9 aromatic rings. The van der Waals surface area contributed by atoms with E-state index in [0.29, 0.717) is 0 Å². The van der Waals surface area contributed by atoms with E-state index in [1.54, 1.807) is 0 Å². The second-order valence-corrected chi connectivity index (χ2v) is 158. The predicted octanol–water partition coefficient (Wildman–Crippen LogP) is 12.3. The number of hydrogen-bond acceptors (Lipinski definition) is 0. The summed E-state index contributed by atoms with van der Waals surface area (Å²) in [6.45, 7) is 0. The van der Waals surface area contributed by atoms with Gasteiger partial charge in [0.1, 0.15) is 0 Å². The number of halogens is 2. The summed E-state index contributed by atoms with van der Waals surface area (Å²) in [6.07, 6.45) is 0. The topological polar surface area (TPSA) is 0 Å². The minimum atomic E-state index is -7.27. The Morgan fingerprint density at radius 2 is 0.339 bits per heavy atom. The van der Waals surface area contributed by atoms with E-state index >= 15 is 0 Å². The molecular formula is C56H54ClIIrP3. The quantitative estimate of drug-likeness (QED) is 0.0845. The van der Waals surface area contributed by atoms with Crippen LogP contribution in [0.5, 0.6) is 0 Å². The van der Waals surface area contributed by atoms with E-state index in [2.05, 4.69) is 303 Å². The van der Waals surface area contributed by atoms with Gasteiger partial charge in [-0.25, -0.2) is 0 Å². The van der Waals surface area contributed by atoms with Gasteiger partial charge in [0.2, 0.25) is 0 Å². The van der Waals surface area contributed by atoms with Crippen LogP contribution in [0.3, 0.4) is 0 Å². The Balaban J connectivity index is 1.83. The molecule has 0 fully saturated rings. The minimum absolute atomic E-state index is 1.32. The zero-order valence-corrected chi connectivity index (χ0v) is 43.4. The number of benzene rings is 9. The molecule has 0 aromatic heterocycles. The summed E-state index contributed by atoms with van der Waals surface area (Å²) >= 11 is 3.28. The molecule has 0 nitrogen and oxygen atoms in total. The average Bonchev–Trinajstić information content (AvgIpc) is 3.32. The molecule has 0 N–H and O–H groups in total. The van der Waals surface area contributed by atoms with Crippen molar-refractivity contribution in [2.45, 2.75) is 10.9 Å². The van der Waals surface area contributed by atoms with Gasteiger partial charge in [0.15, 0.2) is 0 Å². The summed E-state index contributed by atoms with van der Waals surface area (Å²) in [5.74, 6) is 0. The maximum atomic E-state index is 11.2. The van der Waals surface area contributed by atoms with Crippen LogP contribution in [0.1, 0.15) is 0 Å². The van der Waals surface area contributed by atoms with Crippen molar-refractivity contribution in [1.82, 2.24) is 0 Å². The van der Waals surface area contributed by atoms with E-state index in [9.17, 15) is 9.58 Å². The summed E-state index contributed by atoms with van der Waals surface area (Å²) < 4.78 is 0. The van der Waals surface area contributed by atoms with Crippen molar-refractivity contribution in [1.29, 1.82) is 0 Å². The second kappa shape index (κ2) is 15.6. The fourth-order valence-electron chi connectivity index (χ4n) is 11.3. The third kappa shape index (κ3) is 5.45. The molecule has 0 heterocycles. The summed E-state index contributed by atoms with van der Waals surface area (Å²) in [6, 6.07) is 104. The van der Waals surface area contributed by atoms with Crippen molar-refractivity contribution in [3.05, 3.63) is 273 Å². The van der Waals surface area contributed by atoms with E-state index < -0.39 is 22.1 Å². The van der Waals surface area contributed by atoms with Crippen molar-refractivity contribution >= 4 is 93.4 Å². The first-order valence-electron chi connectivity index (χ1n) is 20.9. The molecule has 0 atom stereocenters. The van der Waals surface area contributed by atoms with Gasteiger partial charge in [-0.05, 0) is 0 Å². The van der Waals surface area contributed by atoms with Crippen LogP contribution >= 0.6 is 45.7 Å². The van der Waals surface area contributed by atoms with Crippen LogP contribution in [0.25, 0.3) is 0 Å². The Morgan fingerprint density at radius 1 is 0.242 bits per heavy atom. The molecule has 62 heavy (non-hydrogen) atoms. The molecule has 0 saturated heterocycles. The molecule has 0 unspecified atom stereocenters. The van der Waals surface area contributed by atoms with E-state index in [-0.39, 0.29) is 0 Å². The van der Waals surface area contributed by atoms with Crippen molar-refractivity contribution < 1.29 is 5.60 Å². The first kappa shape index (κ1) is 43.2. The summed E-state index contributed by atoms with van der Waals surface area (Å²) in [5, 5.41) is 11.9. The molecule has 9 aromatic carbocycles. The van der Waals surface area contributed by atoms with Crippen LogP contribution < -0.4 is 47.7 Å². The fourth-order valence-corrected chi connectivity index (χ4v) is 253. The standard InChI is InChI=1S/3C18H15P.2CH3.ClH.HI.Ir/c3*1-4-10-16(11-5-1)19(17-12-6-2-7-13-17)18-14-8-3-9-15-18;;;;;/h3*1-15H;2*1H3;2*1H;/q;;;;;;;-1/p+1. The van der Waals surface area contributed by atoms with E-state index in [1.165, 1.54) is 47.7 Å². The third-order valence-corrected chi connectivity index (χ3v) is 199. The second-order valence-electron chi connectivity index (χ2n) is 16.7. The van der Waals surface area contributed by atoms with Crippen LogP contribution in [0.2, 0.25) is 10.9 Å². The van der Waals surface area contributed by atoms with Gasteiger partial charge < -0.3 is 0 Å². The fraction of sp³-hybridized carbons (Fsp3) is 0.0357. The van der Waals surface area contributed by atoms with Crippen molar-refractivity contribution in [3.63, 3.8) is 0 Å². The zero-order valence-electron chi connectivity index (χ0n) is 35.1. The first-order valence-corrected chi connectivity index (χ1v) is 51.7. The maximum absolute atomic E-state index is 11.2. The monoisotopic (exact) mass is 1170 g/mol. The van der Waals surface area contributed by atoms with Gasteiger partial charge in [-0.1, -0.05) is 0 Å². The number of rotatable bonds is 12. The van der Waals surface area contributed by atoms with E-state index in [4.69, 9.17) is 0 Å². The van der Waals surface area contributed by atoms with Gasteiger partial charge in [0.05, 0.1) is 0 Å². The van der Waals surface area contributed by atoms with Gasteiger partial charge in [0.25, 0.3) is 0 Å². The first-order chi connectivity index (χ1) is 30.0. The summed E-state index contributed by atoms with van der Waals surface area (Å²) in [5.41, 5.74) is -13.2. The molecule has 0 saturated carbocycles. The Kier molecular flexibility index (Phi) is 10.9. The molecule has 0 amide bonds. The van der Waals surface area contributed by atoms with Crippen LogP contribution in [0.4, 0.5) is 0 Å². The predicted molar refractivity (Wildman–Crippen MR) is 291 cm³/mol. The van der Waals surface area contributed by atoms with E-state index in [0.717, 1.165) is 0 Å². The molecule has 0 spiro atoms. The third-order valence-electron chi connectivity index (χ3n) is 13.2. The number of hydrogen-bond donors (Lipinski definition) is 0. The Morgan fingerprint density at radius 3 is 0.435 bits per heavy atom. The molecule has 0 bridgehead atoms. The van der Waals surface area contributed by atoms with Gasteiger partial charge in [-0.15, -0.1) is 0 Å². The summed E-state index contributed by atoms with van der Waals surface area (Å²) in [4.78, 5) is 0. The molecule has 316 valence electrons.